The van der Waals surface area contributed by atoms with Crippen molar-refractivity contribution in [2.24, 2.45) is 0 Å². The Morgan fingerprint density at radius 2 is 1.62 bits per heavy atom. The summed E-state index contributed by atoms with van der Waals surface area (Å²) >= 11 is 0. The van der Waals surface area contributed by atoms with Crippen molar-refractivity contribution >= 4 is 11.8 Å². The molecule has 1 N–H and O–H groups in total. The zero-order valence-electron chi connectivity index (χ0n) is 15.7. The van der Waals surface area contributed by atoms with Crippen LogP contribution in [0.3, 0.4) is 0 Å². The van der Waals surface area contributed by atoms with Crippen molar-refractivity contribution in [2.45, 2.75) is 12.8 Å². The number of nitrogens with one attached hydrogen (secondary N) is 1. The molecule has 0 aromatic heterocycles. The van der Waals surface area contributed by atoms with E-state index in [2.05, 4.69) is 5.32 Å². The number of rotatable bonds is 9. The monoisotopic (exact) mass is 363 g/mol. The summed E-state index contributed by atoms with van der Waals surface area (Å²) in [6.07, 6.45) is 1.20. The van der Waals surface area contributed by atoms with Gasteiger partial charge in [-0.2, -0.15) is 0 Å². The lowest BCUT2D eigenvalue weighted by Gasteiger charge is -2.35. The molecule has 2 rings (SSSR count). The van der Waals surface area contributed by atoms with Gasteiger partial charge >= 0.3 is 0 Å². The van der Waals surface area contributed by atoms with Crippen LogP contribution in [-0.4, -0.2) is 81.7 Å². The fourth-order valence-electron chi connectivity index (χ4n) is 2.89. The maximum Gasteiger partial charge on any atom is 0.236 e. The Balaban J connectivity index is 1.67. The van der Waals surface area contributed by atoms with E-state index in [4.69, 9.17) is 9.47 Å². The van der Waals surface area contributed by atoms with Crippen LogP contribution in [0.1, 0.15) is 12.0 Å². The summed E-state index contributed by atoms with van der Waals surface area (Å²) in [5.74, 6) is 1.04. The highest BCUT2D eigenvalue weighted by Crippen LogP contribution is 2.13. The van der Waals surface area contributed by atoms with Crippen molar-refractivity contribution < 1.29 is 19.1 Å². The molecule has 1 aliphatic heterocycles. The summed E-state index contributed by atoms with van der Waals surface area (Å²) < 4.78 is 10.1. The number of carbonyl (C=O) groups is 2. The fourth-order valence-corrected chi connectivity index (χ4v) is 2.89. The minimum Gasteiger partial charge on any atom is -0.497 e. The van der Waals surface area contributed by atoms with E-state index in [-0.39, 0.29) is 11.8 Å². The average molecular weight is 363 g/mol. The van der Waals surface area contributed by atoms with E-state index in [9.17, 15) is 9.59 Å². The molecule has 1 fully saturated rings. The van der Waals surface area contributed by atoms with E-state index in [1.165, 1.54) is 0 Å². The normalized spacial score (nSPS) is 14.4. The van der Waals surface area contributed by atoms with Gasteiger partial charge in [0.05, 0.1) is 20.3 Å². The molecule has 0 unspecified atom stereocenters. The third-order valence-corrected chi connectivity index (χ3v) is 4.53. The second-order valence-corrected chi connectivity index (χ2v) is 6.28. The van der Waals surface area contributed by atoms with Crippen molar-refractivity contribution in [3.05, 3.63) is 29.8 Å². The van der Waals surface area contributed by atoms with Crippen LogP contribution in [-0.2, 0) is 20.7 Å². The van der Waals surface area contributed by atoms with Crippen LogP contribution >= 0.6 is 0 Å². The molecule has 0 spiro atoms. The molecule has 0 aliphatic carbocycles. The number of hydrogen-bond donors (Lipinski definition) is 1. The number of methoxy groups -OCH3 is 2. The lowest BCUT2D eigenvalue weighted by molar-refractivity contribution is -0.139. The molecule has 0 saturated carbocycles. The predicted octanol–water partition coefficient (Wildman–Crippen LogP) is 0.535. The zero-order valence-corrected chi connectivity index (χ0v) is 15.7. The average Bonchev–Trinajstić information content (AvgIpc) is 2.69. The first kappa shape index (κ1) is 20.2. The molecule has 7 nitrogen and oxygen atoms in total. The largest absolute Gasteiger partial charge is 0.497 e. The quantitative estimate of drug-likeness (QED) is 0.648. The van der Waals surface area contributed by atoms with Crippen LogP contribution in [0.25, 0.3) is 0 Å². The van der Waals surface area contributed by atoms with Gasteiger partial charge in [-0.25, -0.2) is 0 Å². The summed E-state index contributed by atoms with van der Waals surface area (Å²) in [7, 11) is 3.27. The number of aryl methyl sites for hydroxylation is 1. The second kappa shape index (κ2) is 10.8. The van der Waals surface area contributed by atoms with Gasteiger partial charge in [0.1, 0.15) is 5.75 Å². The third-order valence-electron chi connectivity index (χ3n) is 4.53. The van der Waals surface area contributed by atoms with Gasteiger partial charge in [0, 0.05) is 46.3 Å². The topological polar surface area (TPSA) is 71.1 Å². The number of carbonyl (C=O) groups excluding carboxylic acids is 2. The van der Waals surface area contributed by atoms with Crippen LogP contribution in [0.5, 0.6) is 5.75 Å². The van der Waals surface area contributed by atoms with Crippen molar-refractivity contribution in [1.29, 1.82) is 0 Å². The smallest absolute Gasteiger partial charge is 0.236 e. The standard InChI is InChI=1S/C19H29N3O4/c1-25-14-9-20-15-19(24)22-12-10-21(11-13-22)18(23)8-5-16-3-6-17(26-2)7-4-16/h3-4,6-7,20H,5,8-15H2,1-2H3. The van der Waals surface area contributed by atoms with E-state index in [0.29, 0.717) is 58.7 Å². The highest BCUT2D eigenvalue weighted by atomic mass is 16.5. The maximum atomic E-state index is 12.4. The molecule has 1 heterocycles. The molecule has 26 heavy (non-hydrogen) atoms. The number of nitrogens with zero attached hydrogens (tertiary/aromatic N) is 2. The molecule has 2 amide bonds. The summed E-state index contributed by atoms with van der Waals surface area (Å²) in [5, 5.41) is 3.06. The molecule has 144 valence electrons. The van der Waals surface area contributed by atoms with Gasteiger partial charge in [-0.15, -0.1) is 0 Å². The molecule has 7 heteroatoms. The molecular weight excluding hydrogens is 334 g/mol. The lowest BCUT2D eigenvalue weighted by atomic mass is 10.1. The van der Waals surface area contributed by atoms with Gasteiger partial charge in [0.2, 0.25) is 11.8 Å². The predicted molar refractivity (Wildman–Crippen MR) is 99.2 cm³/mol. The summed E-state index contributed by atoms with van der Waals surface area (Å²) in [4.78, 5) is 28.2. The molecule has 1 aliphatic rings. The second-order valence-electron chi connectivity index (χ2n) is 6.28. The first-order valence-corrected chi connectivity index (χ1v) is 9.02. The van der Waals surface area contributed by atoms with Gasteiger partial charge in [0.15, 0.2) is 0 Å². The number of hydrogen-bond acceptors (Lipinski definition) is 5. The van der Waals surface area contributed by atoms with E-state index in [1.54, 1.807) is 14.2 Å². The third kappa shape index (κ3) is 6.31. The molecular formula is C19H29N3O4. The first-order valence-electron chi connectivity index (χ1n) is 9.02. The van der Waals surface area contributed by atoms with Gasteiger partial charge in [0.25, 0.3) is 0 Å². The Morgan fingerprint density at radius 1 is 1.00 bits per heavy atom. The molecule has 0 bridgehead atoms. The van der Waals surface area contributed by atoms with Crippen molar-refractivity contribution in [3.8, 4) is 5.75 Å². The summed E-state index contributed by atoms with van der Waals surface area (Å²) in [6, 6.07) is 7.79. The van der Waals surface area contributed by atoms with E-state index in [1.807, 2.05) is 34.1 Å². The minimum absolute atomic E-state index is 0.0754. The van der Waals surface area contributed by atoms with Crippen LogP contribution in [0.15, 0.2) is 24.3 Å². The Kier molecular flexibility index (Phi) is 8.37. The number of ether oxygens (including phenoxy) is 2. The summed E-state index contributed by atoms with van der Waals surface area (Å²) in [5.41, 5.74) is 1.12. The van der Waals surface area contributed by atoms with Gasteiger partial charge < -0.3 is 24.6 Å². The van der Waals surface area contributed by atoms with Crippen LogP contribution in [0.4, 0.5) is 0 Å². The van der Waals surface area contributed by atoms with Crippen molar-refractivity contribution in [2.75, 3.05) is 60.1 Å². The van der Waals surface area contributed by atoms with Gasteiger partial charge in [-0.3, -0.25) is 9.59 Å². The lowest BCUT2D eigenvalue weighted by Crippen LogP contribution is -2.52. The molecule has 1 saturated heterocycles. The first-order chi connectivity index (χ1) is 12.6. The molecule has 1 aromatic carbocycles. The van der Waals surface area contributed by atoms with Crippen LogP contribution in [0.2, 0.25) is 0 Å². The number of benzene rings is 1. The van der Waals surface area contributed by atoms with E-state index in [0.717, 1.165) is 11.3 Å². The Hall–Kier alpha value is -2.12. The van der Waals surface area contributed by atoms with E-state index < -0.39 is 0 Å². The molecule has 0 radical (unpaired) electrons. The highest BCUT2D eigenvalue weighted by molar-refractivity contribution is 5.79. The van der Waals surface area contributed by atoms with Gasteiger partial charge in [-0.05, 0) is 24.1 Å². The zero-order chi connectivity index (χ0) is 18.8. The maximum absolute atomic E-state index is 12.4. The van der Waals surface area contributed by atoms with Crippen LogP contribution < -0.4 is 10.1 Å². The number of piperazine rings is 1. The van der Waals surface area contributed by atoms with E-state index >= 15 is 0 Å². The Labute approximate surface area is 155 Å². The number of amides is 2. The van der Waals surface area contributed by atoms with Crippen LogP contribution in [0, 0.1) is 0 Å². The molecule has 1 aromatic rings. The molecule has 0 atom stereocenters. The Bertz CT molecular complexity index is 569. The SMILES string of the molecule is COCCNCC(=O)N1CCN(C(=O)CCc2ccc(OC)cc2)CC1. The van der Waals surface area contributed by atoms with Gasteiger partial charge in [-0.1, -0.05) is 12.1 Å². The minimum atomic E-state index is 0.0754. The highest BCUT2D eigenvalue weighted by Gasteiger charge is 2.23. The summed E-state index contributed by atoms with van der Waals surface area (Å²) in [6.45, 7) is 3.96. The Morgan fingerprint density at radius 3 is 2.19 bits per heavy atom. The van der Waals surface area contributed by atoms with Crippen molar-refractivity contribution in [1.82, 2.24) is 15.1 Å². The fraction of sp³-hybridized carbons (Fsp3) is 0.579. The van der Waals surface area contributed by atoms with Crippen molar-refractivity contribution in [3.63, 3.8) is 0 Å².